The molecule has 1 atom stereocenters. The van der Waals surface area contributed by atoms with Crippen LogP contribution < -0.4 is 4.74 Å². The minimum atomic E-state index is 0.131. The first-order valence-corrected chi connectivity index (χ1v) is 7.37. The first-order chi connectivity index (χ1) is 8.63. The molecule has 0 saturated carbocycles. The van der Waals surface area contributed by atoms with Crippen molar-refractivity contribution in [3.63, 3.8) is 0 Å². The maximum absolute atomic E-state index is 5.43. The van der Waals surface area contributed by atoms with E-state index in [0.29, 0.717) is 0 Å². The maximum atomic E-state index is 5.43. The lowest BCUT2D eigenvalue weighted by atomic mass is 10.00. The first-order valence-electron chi connectivity index (χ1n) is 5.66. The fourth-order valence-corrected chi connectivity index (χ4v) is 3.19. The van der Waals surface area contributed by atoms with Crippen LogP contribution in [0.4, 0.5) is 0 Å². The van der Waals surface area contributed by atoms with Crippen LogP contribution >= 0.6 is 31.9 Å². The third-order valence-corrected chi connectivity index (χ3v) is 4.41. The van der Waals surface area contributed by atoms with E-state index < -0.39 is 0 Å². The maximum Gasteiger partial charge on any atom is 0.123 e. The summed E-state index contributed by atoms with van der Waals surface area (Å²) in [4.78, 5) is 0.131. The average Bonchev–Trinajstić information content (AvgIpc) is 2.38. The van der Waals surface area contributed by atoms with Crippen molar-refractivity contribution in [2.75, 3.05) is 7.11 Å². The molecule has 0 spiro atoms. The lowest BCUT2D eigenvalue weighted by Gasteiger charge is -2.17. The van der Waals surface area contributed by atoms with Gasteiger partial charge in [0, 0.05) is 10.0 Å². The molecular formula is C15H14Br2O. The van der Waals surface area contributed by atoms with Gasteiger partial charge in [-0.3, -0.25) is 0 Å². The van der Waals surface area contributed by atoms with Gasteiger partial charge in [0.2, 0.25) is 0 Å². The third-order valence-electron chi connectivity index (χ3n) is 2.93. The number of ether oxygens (including phenoxy) is 1. The van der Waals surface area contributed by atoms with E-state index in [4.69, 9.17) is 4.74 Å². The highest BCUT2D eigenvalue weighted by Gasteiger charge is 2.17. The quantitative estimate of drug-likeness (QED) is 0.671. The van der Waals surface area contributed by atoms with Gasteiger partial charge < -0.3 is 4.74 Å². The van der Waals surface area contributed by atoms with Crippen molar-refractivity contribution in [1.82, 2.24) is 0 Å². The van der Waals surface area contributed by atoms with Crippen LogP contribution in [0.2, 0.25) is 0 Å². The summed E-state index contributed by atoms with van der Waals surface area (Å²) in [7, 11) is 1.70. The van der Waals surface area contributed by atoms with Gasteiger partial charge in [0.1, 0.15) is 5.75 Å². The summed E-state index contributed by atoms with van der Waals surface area (Å²) in [6.07, 6.45) is 0. The second-order valence-corrected chi connectivity index (χ2v) is 5.94. The fraction of sp³-hybridized carbons (Fsp3) is 0.200. The third kappa shape index (κ3) is 2.78. The highest BCUT2D eigenvalue weighted by atomic mass is 79.9. The van der Waals surface area contributed by atoms with Crippen LogP contribution in [0, 0.1) is 6.92 Å². The van der Waals surface area contributed by atoms with Crippen molar-refractivity contribution in [2.24, 2.45) is 0 Å². The van der Waals surface area contributed by atoms with E-state index >= 15 is 0 Å². The van der Waals surface area contributed by atoms with E-state index in [-0.39, 0.29) is 4.83 Å². The van der Waals surface area contributed by atoms with E-state index in [9.17, 15) is 0 Å². The predicted octanol–water partition coefficient (Wildman–Crippen LogP) is 5.25. The van der Waals surface area contributed by atoms with Gasteiger partial charge in [0.15, 0.2) is 0 Å². The zero-order valence-corrected chi connectivity index (χ0v) is 13.5. The second-order valence-electron chi connectivity index (χ2n) is 4.11. The highest BCUT2D eigenvalue weighted by Crippen LogP contribution is 2.39. The van der Waals surface area contributed by atoms with Crippen molar-refractivity contribution in [1.29, 1.82) is 0 Å². The Morgan fingerprint density at radius 3 is 2.44 bits per heavy atom. The SMILES string of the molecule is COc1ccc(Br)cc1C(Br)c1ccccc1C. The molecule has 94 valence electrons. The molecule has 0 aliphatic heterocycles. The second kappa shape index (κ2) is 5.89. The molecule has 0 heterocycles. The fourth-order valence-electron chi connectivity index (χ4n) is 1.94. The van der Waals surface area contributed by atoms with Crippen LogP contribution in [0.3, 0.4) is 0 Å². The van der Waals surface area contributed by atoms with Crippen molar-refractivity contribution >= 4 is 31.9 Å². The molecule has 0 aliphatic carbocycles. The van der Waals surface area contributed by atoms with Gasteiger partial charge in [-0.1, -0.05) is 56.1 Å². The van der Waals surface area contributed by atoms with Gasteiger partial charge in [-0.25, -0.2) is 0 Å². The van der Waals surface area contributed by atoms with Gasteiger partial charge >= 0.3 is 0 Å². The minimum absolute atomic E-state index is 0.131. The minimum Gasteiger partial charge on any atom is -0.496 e. The number of benzene rings is 2. The van der Waals surface area contributed by atoms with Crippen LogP contribution in [0.15, 0.2) is 46.9 Å². The number of halogens is 2. The molecule has 3 heteroatoms. The van der Waals surface area contributed by atoms with Gasteiger partial charge in [0.25, 0.3) is 0 Å². The summed E-state index contributed by atoms with van der Waals surface area (Å²) in [5.74, 6) is 0.892. The Bertz CT molecular complexity index is 552. The van der Waals surface area contributed by atoms with Gasteiger partial charge in [-0.05, 0) is 36.2 Å². The Balaban J connectivity index is 2.48. The number of hydrogen-bond acceptors (Lipinski definition) is 1. The molecule has 2 aromatic rings. The van der Waals surface area contributed by atoms with Crippen molar-refractivity contribution in [2.45, 2.75) is 11.8 Å². The van der Waals surface area contributed by atoms with Crippen molar-refractivity contribution < 1.29 is 4.74 Å². The number of alkyl halides is 1. The zero-order valence-electron chi connectivity index (χ0n) is 10.3. The summed E-state index contributed by atoms with van der Waals surface area (Å²) in [5, 5.41) is 0. The molecule has 0 N–H and O–H groups in total. The Labute approximate surface area is 124 Å². The Kier molecular flexibility index (Phi) is 4.46. The Hall–Kier alpha value is -0.800. The van der Waals surface area contributed by atoms with Crippen LogP contribution in [-0.2, 0) is 0 Å². The summed E-state index contributed by atoms with van der Waals surface area (Å²) in [5.41, 5.74) is 3.65. The molecule has 0 bridgehead atoms. The molecular weight excluding hydrogens is 356 g/mol. The normalized spacial score (nSPS) is 12.2. The number of aryl methyl sites for hydroxylation is 1. The van der Waals surface area contributed by atoms with Crippen LogP contribution in [0.1, 0.15) is 21.5 Å². The summed E-state index contributed by atoms with van der Waals surface area (Å²) >= 11 is 7.28. The van der Waals surface area contributed by atoms with Crippen molar-refractivity contribution in [3.8, 4) is 5.75 Å². The predicted molar refractivity (Wildman–Crippen MR) is 82.6 cm³/mol. The molecule has 0 radical (unpaired) electrons. The van der Waals surface area contributed by atoms with E-state index in [0.717, 1.165) is 15.8 Å². The van der Waals surface area contributed by atoms with E-state index in [1.54, 1.807) is 7.11 Å². The highest BCUT2D eigenvalue weighted by molar-refractivity contribution is 9.10. The summed E-state index contributed by atoms with van der Waals surface area (Å²) in [6.45, 7) is 2.12. The lowest BCUT2D eigenvalue weighted by Crippen LogP contribution is -1.99. The summed E-state index contributed by atoms with van der Waals surface area (Å²) < 4.78 is 6.48. The number of rotatable bonds is 3. The molecule has 2 aromatic carbocycles. The standard InChI is InChI=1S/C15H14Br2O/c1-10-5-3-4-6-12(10)15(17)13-9-11(16)7-8-14(13)18-2/h3-9,15H,1-2H3. The molecule has 2 rings (SSSR count). The van der Waals surface area contributed by atoms with Crippen LogP contribution in [0.5, 0.6) is 5.75 Å². The molecule has 0 fully saturated rings. The molecule has 1 unspecified atom stereocenters. The monoisotopic (exact) mass is 368 g/mol. The lowest BCUT2D eigenvalue weighted by molar-refractivity contribution is 0.410. The molecule has 0 aromatic heterocycles. The topological polar surface area (TPSA) is 9.23 Å². The molecule has 1 nitrogen and oxygen atoms in total. The average molecular weight is 370 g/mol. The van der Waals surface area contributed by atoms with Crippen LogP contribution in [-0.4, -0.2) is 7.11 Å². The molecule has 0 aliphatic rings. The number of methoxy groups -OCH3 is 1. The smallest absolute Gasteiger partial charge is 0.123 e. The van der Waals surface area contributed by atoms with E-state index in [2.05, 4.69) is 69.1 Å². The summed E-state index contributed by atoms with van der Waals surface area (Å²) in [6, 6.07) is 14.4. The van der Waals surface area contributed by atoms with Gasteiger partial charge in [-0.2, -0.15) is 0 Å². The van der Waals surface area contributed by atoms with E-state index in [1.165, 1.54) is 11.1 Å². The van der Waals surface area contributed by atoms with Crippen LogP contribution in [0.25, 0.3) is 0 Å². The number of hydrogen-bond donors (Lipinski definition) is 0. The molecule has 0 saturated heterocycles. The largest absolute Gasteiger partial charge is 0.496 e. The zero-order chi connectivity index (χ0) is 13.1. The molecule has 0 amide bonds. The first kappa shape index (κ1) is 13.6. The van der Waals surface area contributed by atoms with Gasteiger partial charge in [0.05, 0.1) is 11.9 Å². The Morgan fingerprint density at radius 2 is 1.78 bits per heavy atom. The molecule has 18 heavy (non-hydrogen) atoms. The van der Waals surface area contributed by atoms with Crippen molar-refractivity contribution in [3.05, 3.63) is 63.6 Å². The Morgan fingerprint density at radius 1 is 1.06 bits per heavy atom. The van der Waals surface area contributed by atoms with Gasteiger partial charge in [-0.15, -0.1) is 0 Å². The van der Waals surface area contributed by atoms with E-state index in [1.807, 2.05) is 12.1 Å².